The van der Waals surface area contributed by atoms with Crippen LogP contribution in [-0.4, -0.2) is 44.0 Å². The molecule has 28 heavy (non-hydrogen) atoms. The number of hydrogen-bond donors (Lipinski definition) is 1. The SMILES string of the molecule is COc1ccc(S(=O)(=O)N2CCCCCC2)cc1NC(=O)c1c(C)noc1C. The summed E-state index contributed by atoms with van der Waals surface area (Å²) in [7, 11) is -2.18. The van der Waals surface area contributed by atoms with Crippen LogP contribution in [0.4, 0.5) is 5.69 Å². The summed E-state index contributed by atoms with van der Waals surface area (Å²) in [5, 5.41) is 6.51. The summed E-state index contributed by atoms with van der Waals surface area (Å²) in [6.07, 6.45) is 3.77. The molecule has 2 heterocycles. The number of ether oxygens (including phenoxy) is 1. The Morgan fingerprint density at radius 1 is 1.18 bits per heavy atom. The molecule has 9 heteroatoms. The number of aryl methyl sites for hydroxylation is 2. The maximum atomic E-state index is 13.1. The summed E-state index contributed by atoms with van der Waals surface area (Å²) in [5.74, 6) is 0.330. The third-order valence-electron chi connectivity index (χ3n) is 4.88. The van der Waals surface area contributed by atoms with E-state index in [0.29, 0.717) is 35.9 Å². The highest BCUT2D eigenvalue weighted by molar-refractivity contribution is 7.89. The molecule has 0 unspecified atom stereocenters. The second kappa shape index (κ2) is 8.32. The fraction of sp³-hybridized carbons (Fsp3) is 0.474. The molecule has 0 bridgehead atoms. The van der Waals surface area contributed by atoms with Crippen molar-refractivity contribution in [1.29, 1.82) is 0 Å². The first-order chi connectivity index (χ1) is 13.3. The average molecular weight is 407 g/mol. The quantitative estimate of drug-likeness (QED) is 0.817. The van der Waals surface area contributed by atoms with Crippen molar-refractivity contribution in [2.75, 3.05) is 25.5 Å². The average Bonchev–Trinajstić information content (AvgIpc) is 2.87. The molecule has 1 N–H and O–H groups in total. The minimum Gasteiger partial charge on any atom is -0.495 e. The number of amides is 1. The number of aromatic nitrogens is 1. The molecule has 0 radical (unpaired) electrons. The second-order valence-electron chi connectivity index (χ2n) is 6.83. The zero-order chi connectivity index (χ0) is 20.3. The summed E-state index contributed by atoms with van der Waals surface area (Å²) in [5.41, 5.74) is 1.06. The van der Waals surface area contributed by atoms with Gasteiger partial charge >= 0.3 is 0 Å². The van der Waals surface area contributed by atoms with Crippen LogP contribution in [0.15, 0.2) is 27.6 Å². The third-order valence-corrected chi connectivity index (χ3v) is 6.78. The minimum absolute atomic E-state index is 0.129. The van der Waals surface area contributed by atoms with E-state index in [0.717, 1.165) is 25.7 Å². The molecule has 1 aromatic carbocycles. The molecule has 0 aliphatic carbocycles. The van der Waals surface area contributed by atoms with Gasteiger partial charge in [-0.05, 0) is 44.9 Å². The van der Waals surface area contributed by atoms with Crippen LogP contribution < -0.4 is 10.1 Å². The second-order valence-corrected chi connectivity index (χ2v) is 8.77. The van der Waals surface area contributed by atoms with E-state index < -0.39 is 15.9 Å². The monoisotopic (exact) mass is 407 g/mol. The first-order valence-electron chi connectivity index (χ1n) is 9.27. The van der Waals surface area contributed by atoms with Crippen molar-refractivity contribution >= 4 is 21.6 Å². The minimum atomic E-state index is -3.64. The molecule has 0 atom stereocenters. The van der Waals surface area contributed by atoms with Crippen LogP contribution in [0.2, 0.25) is 0 Å². The highest BCUT2D eigenvalue weighted by Gasteiger charge is 2.27. The lowest BCUT2D eigenvalue weighted by atomic mass is 10.2. The largest absolute Gasteiger partial charge is 0.495 e. The van der Waals surface area contributed by atoms with Gasteiger partial charge in [-0.25, -0.2) is 8.42 Å². The predicted octanol–water partition coefficient (Wildman–Crippen LogP) is 3.12. The number of carbonyl (C=O) groups excluding carboxylic acids is 1. The Labute approximate surface area is 164 Å². The summed E-state index contributed by atoms with van der Waals surface area (Å²) in [4.78, 5) is 12.8. The van der Waals surface area contributed by atoms with Gasteiger partial charge < -0.3 is 14.6 Å². The van der Waals surface area contributed by atoms with Crippen molar-refractivity contribution < 1.29 is 22.5 Å². The maximum Gasteiger partial charge on any atom is 0.261 e. The molecular formula is C19H25N3O5S. The number of benzene rings is 1. The Bertz CT molecular complexity index is 940. The predicted molar refractivity (Wildman–Crippen MR) is 104 cm³/mol. The van der Waals surface area contributed by atoms with Gasteiger partial charge in [-0.2, -0.15) is 4.31 Å². The summed E-state index contributed by atoms with van der Waals surface area (Å²) >= 11 is 0. The zero-order valence-corrected chi connectivity index (χ0v) is 17.1. The van der Waals surface area contributed by atoms with Crippen molar-refractivity contribution in [2.24, 2.45) is 0 Å². The molecule has 0 spiro atoms. The lowest BCUT2D eigenvalue weighted by Crippen LogP contribution is -2.32. The van der Waals surface area contributed by atoms with Crippen LogP contribution in [0.5, 0.6) is 5.75 Å². The van der Waals surface area contributed by atoms with Gasteiger partial charge in [0.25, 0.3) is 5.91 Å². The number of rotatable bonds is 5. The summed E-state index contributed by atoms with van der Waals surface area (Å²) in [6.45, 7) is 4.33. The lowest BCUT2D eigenvalue weighted by Gasteiger charge is -2.21. The molecule has 1 fully saturated rings. The van der Waals surface area contributed by atoms with Crippen LogP contribution in [0.25, 0.3) is 0 Å². The maximum absolute atomic E-state index is 13.1. The van der Waals surface area contributed by atoms with Crippen molar-refractivity contribution in [2.45, 2.75) is 44.4 Å². The molecule has 1 aliphatic heterocycles. The molecule has 1 saturated heterocycles. The number of methoxy groups -OCH3 is 1. The van der Waals surface area contributed by atoms with Crippen molar-refractivity contribution in [3.8, 4) is 5.75 Å². The van der Waals surface area contributed by atoms with Gasteiger partial charge in [-0.1, -0.05) is 18.0 Å². The Kier molecular flexibility index (Phi) is 6.04. The number of nitrogens with zero attached hydrogens (tertiary/aromatic N) is 2. The van der Waals surface area contributed by atoms with E-state index in [2.05, 4.69) is 10.5 Å². The summed E-state index contributed by atoms with van der Waals surface area (Å²) < 4.78 is 38.0. The Hall–Kier alpha value is -2.39. The van der Waals surface area contributed by atoms with E-state index in [9.17, 15) is 13.2 Å². The van der Waals surface area contributed by atoms with Crippen LogP contribution in [-0.2, 0) is 10.0 Å². The highest BCUT2D eigenvalue weighted by atomic mass is 32.2. The number of nitrogens with one attached hydrogen (secondary N) is 1. The van der Waals surface area contributed by atoms with E-state index in [1.807, 2.05) is 0 Å². The molecule has 1 aromatic heterocycles. The fourth-order valence-corrected chi connectivity index (χ4v) is 4.91. The van der Waals surface area contributed by atoms with Crippen molar-refractivity contribution in [3.05, 3.63) is 35.2 Å². The zero-order valence-electron chi connectivity index (χ0n) is 16.3. The molecule has 8 nitrogen and oxygen atoms in total. The van der Waals surface area contributed by atoms with Crippen LogP contribution >= 0.6 is 0 Å². The van der Waals surface area contributed by atoms with Crippen LogP contribution in [0.1, 0.15) is 47.5 Å². The van der Waals surface area contributed by atoms with Crippen molar-refractivity contribution in [3.63, 3.8) is 0 Å². The molecule has 0 saturated carbocycles. The van der Waals surface area contributed by atoms with Crippen LogP contribution in [0.3, 0.4) is 0 Å². The van der Waals surface area contributed by atoms with Gasteiger partial charge in [-0.15, -0.1) is 0 Å². The Morgan fingerprint density at radius 3 is 2.43 bits per heavy atom. The lowest BCUT2D eigenvalue weighted by molar-refractivity contribution is 0.102. The molecule has 152 valence electrons. The Morgan fingerprint density at radius 2 is 1.86 bits per heavy atom. The number of carbonyl (C=O) groups is 1. The van der Waals surface area contributed by atoms with Gasteiger partial charge in [0.2, 0.25) is 10.0 Å². The first-order valence-corrected chi connectivity index (χ1v) is 10.7. The third kappa shape index (κ3) is 4.05. The number of anilines is 1. The first kappa shape index (κ1) is 20.3. The number of sulfonamides is 1. The van der Waals surface area contributed by atoms with Gasteiger partial charge in [0.05, 0.1) is 23.4 Å². The van der Waals surface area contributed by atoms with E-state index in [1.54, 1.807) is 19.9 Å². The smallest absolute Gasteiger partial charge is 0.261 e. The van der Waals surface area contributed by atoms with E-state index in [4.69, 9.17) is 9.26 Å². The molecule has 1 aliphatic rings. The molecule has 3 rings (SSSR count). The standard InChI is InChI=1S/C19H25N3O5S/c1-13-18(14(2)27-21-13)19(23)20-16-12-15(8-9-17(16)26-3)28(24,25)22-10-6-4-5-7-11-22/h8-9,12H,4-7,10-11H2,1-3H3,(H,20,23). The normalized spacial score (nSPS) is 15.8. The van der Waals surface area contributed by atoms with E-state index in [-0.39, 0.29) is 10.6 Å². The van der Waals surface area contributed by atoms with Gasteiger partial charge in [0.15, 0.2) is 0 Å². The van der Waals surface area contributed by atoms with Gasteiger partial charge in [0, 0.05) is 13.1 Å². The number of hydrogen-bond acceptors (Lipinski definition) is 6. The molecule has 1 amide bonds. The van der Waals surface area contributed by atoms with E-state index >= 15 is 0 Å². The van der Waals surface area contributed by atoms with E-state index in [1.165, 1.54) is 23.5 Å². The topological polar surface area (TPSA) is 102 Å². The van der Waals surface area contributed by atoms with Crippen molar-refractivity contribution in [1.82, 2.24) is 9.46 Å². The molecule has 2 aromatic rings. The molecular weight excluding hydrogens is 382 g/mol. The van der Waals surface area contributed by atoms with Crippen LogP contribution in [0, 0.1) is 13.8 Å². The highest BCUT2D eigenvalue weighted by Crippen LogP contribution is 2.30. The van der Waals surface area contributed by atoms with Gasteiger partial charge in [0.1, 0.15) is 17.1 Å². The fourth-order valence-electron chi connectivity index (χ4n) is 3.37. The van der Waals surface area contributed by atoms with Gasteiger partial charge in [-0.3, -0.25) is 4.79 Å². The Balaban J connectivity index is 1.92. The summed E-state index contributed by atoms with van der Waals surface area (Å²) in [6, 6.07) is 4.49.